The number of hydrogen-bond acceptors (Lipinski definition) is 9. The fraction of sp³-hybridized carbons (Fsp3) is 0.185. The number of carbonyl (C=O) groups excluding carboxylic acids is 2. The van der Waals surface area contributed by atoms with Crippen molar-refractivity contribution in [2.75, 3.05) is 11.5 Å². The molecule has 4 aromatic rings. The molecular formula is C27H23N3O4S3. The van der Waals surface area contributed by atoms with Gasteiger partial charge in [0.15, 0.2) is 4.34 Å². The summed E-state index contributed by atoms with van der Waals surface area (Å²) in [6, 6.07) is 19.7. The number of anilines is 1. The second kappa shape index (κ2) is 11.3. The van der Waals surface area contributed by atoms with Crippen molar-refractivity contribution in [1.82, 2.24) is 10.2 Å². The van der Waals surface area contributed by atoms with Crippen LogP contribution in [-0.2, 0) is 15.3 Å². The van der Waals surface area contributed by atoms with Gasteiger partial charge in [-0.25, -0.2) is 0 Å². The van der Waals surface area contributed by atoms with Gasteiger partial charge in [-0.2, -0.15) is 0 Å². The van der Waals surface area contributed by atoms with Crippen LogP contribution in [0.4, 0.5) is 5.13 Å². The highest BCUT2D eigenvalue weighted by Gasteiger charge is 2.48. The molecule has 0 aliphatic carbocycles. The Balaban J connectivity index is 1.47. The van der Waals surface area contributed by atoms with E-state index >= 15 is 0 Å². The number of rotatable bonds is 9. The first-order chi connectivity index (χ1) is 18.1. The number of ketones is 1. The van der Waals surface area contributed by atoms with Crippen LogP contribution in [0.5, 0.6) is 5.75 Å². The minimum Gasteiger partial charge on any atom is -0.507 e. The minimum atomic E-state index is -0.795. The molecule has 1 N–H and O–H groups in total. The van der Waals surface area contributed by atoms with E-state index in [2.05, 4.69) is 10.2 Å². The molecule has 3 heterocycles. The van der Waals surface area contributed by atoms with Crippen LogP contribution < -0.4 is 9.64 Å². The normalized spacial score (nSPS) is 16.9. The fourth-order valence-electron chi connectivity index (χ4n) is 3.91. The number of Topliss-reactive ketones (excluding diaryl/α,β-unsaturated/α-hetero) is 1. The van der Waals surface area contributed by atoms with E-state index in [4.69, 9.17) is 4.74 Å². The molecule has 0 spiro atoms. The Hall–Kier alpha value is -3.47. The number of amides is 1. The van der Waals surface area contributed by atoms with Crippen molar-refractivity contribution in [1.29, 1.82) is 0 Å². The highest BCUT2D eigenvalue weighted by atomic mass is 32.2. The van der Waals surface area contributed by atoms with Crippen molar-refractivity contribution in [3.05, 3.63) is 93.7 Å². The molecule has 2 aromatic carbocycles. The first-order valence-electron chi connectivity index (χ1n) is 11.6. The number of thioether (sulfide) groups is 1. The Morgan fingerprint density at radius 3 is 2.54 bits per heavy atom. The quantitative estimate of drug-likeness (QED) is 0.0860. The lowest BCUT2D eigenvalue weighted by Crippen LogP contribution is -2.29. The maximum Gasteiger partial charge on any atom is 0.301 e. The van der Waals surface area contributed by atoms with Gasteiger partial charge in [-0.3, -0.25) is 14.5 Å². The third-order valence-electron chi connectivity index (χ3n) is 5.66. The Labute approximate surface area is 226 Å². The van der Waals surface area contributed by atoms with Gasteiger partial charge in [-0.15, -0.1) is 21.5 Å². The van der Waals surface area contributed by atoms with E-state index in [9.17, 15) is 14.7 Å². The van der Waals surface area contributed by atoms with Gasteiger partial charge in [0, 0.05) is 16.2 Å². The van der Waals surface area contributed by atoms with Crippen LogP contribution in [0.15, 0.2) is 82.0 Å². The fourth-order valence-corrected chi connectivity index (χ4v) is 6.55. The first kappa shape index (κ1) is 25.2. The average Bonchev–Trinajstić information content (AvgIpc) is 3.67. The van der Waals surface area contributed by atoms with E-state index in [0.29, 0.717) is 33.1 Å². The molecule has 1 aliphatic rings. The van der Waals surface area contributed by atoms with Crippen molar-refractivity contribution in [3.8, 4) is 5.75 Å². The van der Waals surface area contributed by atoms with Gasteiger partial charge in [-0.1, -0.05) is 66.4 Å². The van der Waals surface area contributed by atoms with Crippen molar-refractivity contribution in [2.24, 2.45) is 0 Å². The molecule has 1 aliphatic heterocycles. The smallest absolute Gasteiger partial charge is 0.301 e. The molecule has 1 saturated heterocycles. The number of benzene rings is 2. The van der Waals surface area contributed by atoms with Crippen LogP contribution in [0.3, 0.4) is 0 Å². The summed E-state index contributed by atoms with van der Waals surface area (Å²) in [4.78, 5) is 28.6. The molecule has 188 valence electrons. The maximum absolute atomic E-state index is 13.3. The average molecular weight is 550 g/mol. The minimum absolute atomic E-state index is 0.0309. The zero-order valence-corrected chi connectivity index (χ0v) is 22.3. The van der Waals surface area contributed by atoms with E-state index in [-0.39, 0.29) is 11.3 Å². The van der Waals surface area contributed by atoms with Gasteiger partial charge in [0.1, 0.15) is 17.6 Å². The molecule has 1 atom stereocenters. The van der Waals surface area contributed by atoms with Crippen LogP contribution in [0.25, 0.3) is 5.76 Å². The molecule has 0 radical (unpaired) electrons. The molecule has 1 amide bonds. The molecule has 10 heteroatoms. The van der Waals surface area contributed by atoms with Crippen LogP contribution in [-0.4, -0.2) is 33.6 Å². The molecular weight excluding hydrogens is 527 g/mol. The SMILES string of the molecule is CCCOc1ccc(/C(O)=C2\C(=O)C(=O)N(c3nnc(SCc4ccccc4)s3)C2c2cccs2)cc1. The number of aliphatic hydroxyl groups excluding tert-OH is 1. The monoisotopic (exact) mass is 549 g/mol. The molecule has 2 aromatic heterocycles. The molecule has 1 fully saturated rings. The number of carbonyl (C=O) groups is 2. The molecule has 0 saturated carbocycles. The van der Waals surface area contributed by atoms with Crippen molar-refractivity contribution in [3.63, 3.8) is 0 Å². The summed E-state index contributed by atoms with van der Waals surface area (Å²) >= 11 is 4.17. The summed E-state index contributed by atoms with van der Waals surface area (Å²) in [7, 11) is 0. The lowest BCUT2D eigenvalue weighted by molar-refractivity contribution is -0.132. The lowest BCUT2D eigenvalue weighted by atomic mass is 10.00. The summed E-state index contributed by atoms with van der Waals surface area (Å²) in [5.41, 5.74) is 1.61. The standard InChI is InChI=1S/C27H23N3O4S3/c1-2-14-34-19-12-10-18(11-13-19)23(31)21-22(20-9-6-15-35-20)30(25(33)24(21)32)26-28-29-27(37-26)36-16-17-7-4-3-5-8-17/h3-13,15,22,31H,2,14,16H2,1H3/b23-21+. The number of nitrogens with zero attached hydrogens (tertiary/aromatic N) is 3. The molecule has 7 nitrogen and oxygen atoms in total. The van der Waals surface area contributed by atoms with Gasteiger partial charge < -0.3 is 9.84 Å². The Kier molecular flexibility index (Phi) is 7.68. The Morgan fingerprint density at radius 2 is 1.84 bits per heavy atom. The largest absolute Gasteiger partial charge is 0.507 e. The zero-order chi connectivity index (χ0) is 25.8. The molecule has 0 bridgehead atoms. The number of aliphatic hydroxyl groups is 1. The predicted molar refractivity (Wildman–Crippen MR) is 147 cm³/mol. The van der Waals surface area contributed by atoms with Crippen LogP contribution >= 0.6 is 34.4 Å². The van der Waals surface area contributed by atoms with Crippen LogP contribution in [0.1, 0.15) is 35.4 Å². The molecule has 37 heavy (non-hydrogen) atoms. The second-order valence-corrected chi connectivity index (χ2v) is 11.3. The van der Waals surface area contributed by atoms with Crippen molar-refractivity contribution < 1.29 is 19.4 Å². The third-order valence-corrected chi connectivity index (χ3v) is 8.72. The number of thiophene rings is 1. The van der Waals surface area contributed by atoms with Gasteiger partial charge in [0.25, 0.3) is 5.78 Å². The second-order valence-electron chi connectivity index (χ2n) is 8.18. The summed E-state index contributed by atoms with van der Waals surface area (Å²) in [5.74, 6) is -0.345. The van der Waals surface area contributed by atoms with Gasteiger partial charge in [-0.05, 0) is 47.7 Å². The summed E-state index contributed by atoms with van der Waals surface area (Å²) < 4.78 is 6.31. The Morgan fingerprint density at radius 1 is 1.05 bits per heavy atom. The summed E-state index contributed by atoms with van der Waals surface area (Å²) in [6.45, 7) is 2.61. The third kappa shape index (κ3) is 5.31. The number of aromatic nitrogens is 2. The topological polar surface area (TPSA) is 92.6 Å². The van der Waals surface area contributed by atoms with Gasteiger partial charge >= 0.3 is 5.91 Å². The predicted octanol–water partition coefficient (Wildman–Crippen LogP) is 6.31. The van der Waals surface area contributed by atoms with E-state index in [1.54, 1.807) is 24.3 Å². The van der Waals surface area contributed by atoms with Crippen LogP contribution in [0.2, 0.25) is 0 Å². The van der Waals surface area contributed by atoms with E-state index in [1.807, 2.05) is 54.8 Å². The molecule has 1 unspecified atom stereocenters. The summed E-state index contributed by atoms with van der Waals surface area (Å²) in [6.07, 6.45) is 0.879. The number of ether oxygens (including phenoxy) is 1. The van der Waals surface area contributed by atoms with Crippen molar-refractivity contribution in [2.45, 2.75) is 29.5 Å². The summed E-state index contributed by atoms with van der Waals surface area (Å²) in [5, 5.41) is 21.9. The van der Waals surface area contributed by atoms with Gasteiger partial charge in [0.2, 0.25) is 5.13 Å². The zero-order valence-electron chi connectivity index (χ0n) is 19.9. The highest BCUT2D eigenvalue weighted by molar-refractivity contribution is 8.00. The first-order valence-corrected chi connectivity index (χ1v) is 14.3. The van der Waals surface area contributed by atoms with Crippen molar-refractivity contribution >= 4 is 57.0 Å². The van der Waals surface area contributed by atoms with E-state index in [1.165, 1.54) is 39.3 Å². The van der Waals surface area contributed by atoms with Gasteiger partial charge in [0.05, 0.1) is 12.2 Å². The van der Waals surface area contributed by atoms with E-state index in [0.717, 1.165) is 16.9 Å². The maximum atomic E-state index is 13.3. The Bertz CT molecular complexity index is 1420. The highest BCUT2D eigenvalue weighted by Crippen LogP contribution is 2.45. The van der Waals surface area contributed by atoms with Crippen LogP contribution in [0, 0.1) is 0 Å². The number of hydrogen-bond donors (Lipinski definition) is 1. The van der Waals surface area contributed by atoms with E-state index < -0.39 is 17.7 Å². The lowest BCUT2D eigenvalue weighted by Gasteiger charge is -2.20. The molecule has 5 rings (SSSR count).